The van der Waals surface area contributed by atoms with E-state index in [-0.39, 0.29) is 17.9 Å². The number of aryl methyl sites for hydroxylation is 1. The second kappa shape index (κ2) is 8.65. The Kier molecular flexibility index (Phi) is 5.92. The highest BCUT2D eigenvalue weighted by Gasteiger charge is 2.20. The topological polar surface area (TPSA) is 113 Å². The predicted octanol–water partition coefficient (Wildman–Crippen LogP) is 3.66. The van der Waals surface area contributed by atoms with Crippen molar-refractivity contribution in [3.8, 4) is 12.0 Å². The third-order valence-corrected chi connectivity index (χ3v) is 5.16. The summed E-state index contributed by atoms with van der Waals surface area (Å²) in [5.74, 6) is 0.871. The molecule has 0 radical (unpaired) electrons. The predicted molar refractivity (Wildman–Crippen MR) is 122 cm³/mol. The number of para-hydroxylation sites is 1. The van der Waals surface area contributed by atoms with Crippen LogP contribution in [0.15, 0.2) is 40.9 Å². The lowest BCUT2D eigenvalue weighted by Crippen LogP contribution is -2.20. The summed E-state index contributed by atoms with van der Waals surface area (Å²) in [6, 6.07) is 11.5. The average molecular weight is 499 g/mol. The van der Waals surface area contributed by atoms with Gasteiger partial charge in [0, 0.05) is 17.9 Å². The molecule has 1 amide bonds. The number of carbonyl (C=O) groups is 1. The number of benzene rings is 1. The molecule has 4 rings (SSSR count). The molecule has 4 aromatic rings. The van der Waals surface area contributed by atoms with E-state index in [9.17, 15) is 4.79 Å². The van der Waals surface area contributed by atoms with Crippen molar-refractivity contribution in [1.82, 2.24) is 34.7 Å². The fourth-order valence-electron chi connectivity index (χ4n) is 3.18. The van der Waals surface area contributed by atoms with Crippen LogP contribution in [0, 0.1) is 5.41 Å². The van der Waals surface area contributed by atoms with Gasteiger partial charge in [0.15, 0.2) is 0 Å². The summed E-state index contributed by atoms with van der Waals surface area (Å²) >= 11 is 3.53. The molecule has 11 heteroatoms. The monoisotopic (exact) mass is 498 g/mol. The van der Waals surface area contributed by atoms with Gasteiger partial charge >= 0.3 is 6.01 Å². The van der Waals surface area contributed by atoms with Crippen LogP contribution in [0.5, 0.6) is 6.01 Å². The summed E-state index contributed by atoms with van der Waals surface area (Å²) in [4.78, 5) is 21.4. The second-order valence-corrected chi connectivity index (χ2v) is 9.38. The van der Waals surface area contributed by atoms with E-state index < -0.39 is 0 Å². The minimum absolute atomic E-state index is 0.0792. The molecule has 3 heterocycles. The number of hydrogen-bond donors (Lipinski definition) is 1. The molecule has 0 spiro atoms. The van der Waals surface area contributed by atoms with Crippen LogP contribution in [0.25, 0.3) is 17.0 Å². The molecule has 0 bridgehead atoms. The van der Waals surface area contributed by atoms with Gasteiger partial charge in [-0.1, -0.05) is 38.0 Å². The summed E-state index contributed by atoms with van der Waals surface area (Å²) in [7, 11) is 1.74. The number of imidazole rings is 1. The standard InChI is InChI=1S/C21H23BrN8O2/c1-21(2,3)11-17(31)24-16-10-5-7-13(23-16)12-32-20-25-18-14(22)8-6-9-15(18)30(20)19-26-27-28-29(19)4/h5-10H,11-12H2,1-4H3,(H,23,24,31). The maximum Gasteiger partial charge on any atom is 0.305 e. The molecule has 1 aromatic carbocycles. The van der Waals surface area contributed by atoms with Crippen LogP contribution in [0.1, 0.15) is 32.9 Å². The van der Waals surface area contributed by atoms with Gasteiger partial charge in [0.25, 0.3) is 5.95 Å². The molecule has 3 aromatic heterocycles. The molecular weight excluding hydrogens is 476 g/mol. The summed E-state index contributed by atoms with van der Waals surface area (Å²) in [6.45, 7) is 6.19. The number of carbonyl (C=O) groups excluding carboxylic acids is 1. The zero-order chi connectivity index (χ0) is 22.9. The van der Waals surface area contributed by atoms with E-state index in [1.54, 1.807) is 22.4 Å². The molecule has 32 heavy (non-hydrogen) atoms. The zero-order valence-electron chi connectivity index (χ0n) is 18.2. The van der Waals surface area contributed by atoms with Gasteiger partial charge in [-0.25, -0.2) is 14.2 Å². The second-order valence-electron chi connectivity index (χ2n) is 8.53. The highest BCUT2D eigenvalue weighted by molar-refractivity contribution is 9.10. The number of fused-ring (bicyclic) bond motifs is 1. The molecule has 0 saturated heterocycles. The molecule has 0 atom stereocenters. The maximum absolute atomic E-state index is 12.2. The normalized spacial score (nSPS) is 11.7. The minimum atomic E-state index is -0.104. The molecule has 0 aliphatic rings. The number of rotatable bonds is 6. The van der Waals surface area contributed by atoms with E-state index in [1.807, 2.05) is 51.1 Å². The number of hydrogen-bond acceptors (Lipinski definition) is 7. The number of anilines is 1. The first-order chi connectivity index (χ1) is 15.2. The van der Waals surface area contributed by atoms with E-state index in [0.29, 0.717) is 29.9 Å². The number of aromatic nitrogens is 7. The van der Waals surface area contributed by atoms with E-state index in [2.05, 4.69) is 46.7 Å². The Labute approximate surface area is 193 Å². The Hall–Kier alpha value is -3.34. The molecule has 0 aliphatic carbocycles. The van der Waals surface area contributed by atoms with Crippen molar-refractivity contribution >= 4 is 38.7 Å². The van der Waals surface area contributed by atoms with Crippen LogP contribution in [0.3, 0.4) is 0 Å². The number of halogens is 1. The Morgan fingerprint density at radius 1 is 1.16 bits per heavy atom. The van der Waals surface area contributed by atoms with Crippen molar-refractivity contribution in [1.29, 1.82) is 0 Å². The van der Waals surface area contributed by atoms with Crippen LogP contribution in [-0.4, -0.2) is 40.6 Å². The first-order valence-electron chi connectivity index (χ1n) is 9.99. The quantitative estimate of drug-likeness (QED) is 0.431. The smallest absolute Gasteiger partial charge is 0.305 e. The summed E-state index contributed by atoms with van der Waals surface area (Å²) in [5.41, 5.74) is 2.06. The van der Waals surface area contributed by atoms with Gasteiger partial charge in [-0.05, 0) is 56.0 Å². The number of tetrazole rings is 1. The third kappa shape index (κ3) is 4.77. The van der Waals surface area contributed by atoms with Crippen LogP contribution in [-0.2, 0) is 18.4 Å². The molecule has 166 valence electrons. The third-order valence-electron chi connectivity index (χ3n) is 4.52. The number of nitrogens with one attached hydrogen (secondary N) is 1. The Morgan fingerprint density at radius 2 is 1.94 bits per heavy atom. The van der Waals surface area contributed by atoms with Gasteiger partial charge in [0.2, 0.25) is 5.91 Å². The molecule has 0 saturated carbocycles. The first-order valence-corrected chi connectivity index (χ1v) is 10.8. The Morgan fingerprint density at radius 3 is 2.66 bits per heavy atom. The average Bonchev–Trinajstić information content (AvgIpc) is 3.28. The van der Waals surface area contributed by atoms with Gasteiger partial charge in [0.05, 0.1) is 11.2 Å². The van der Waals surface area contributed by atoms with Crippen molar-refractivity contribution in [2.45, 2.75) is 33.8 Å². The lowest BCUT2D eigenvalue weighted by molar-refractivity contribution is -0.117. The summed E-state index contributed by atoms with van der Waals surface area (Å²) in [6.07, 6.45) is 0.403. The van der Waals surface area contributed by atoms with E-state index >= 15 is 0 Å². The van der Waals surface area contributed by atoms with Crippen molar-refractivity contribution in [2.75, 3.05) is 5.32 Å². The van der Waals surface area contributed by atoms with Gasteiger partial charge in [-0.15, -0.1) is 0 Å². The Balaban J connectivity index is 1.58. The first kappa shape index (κ1) is 21.9. The van der Waals surface area contributed by atoms with Crippen LogP contribution in [0.2, 0.25) is 0 Å². The molecule has 0 unspecified atom stereocenters. The largest absolute Gasteiger partial charge is 0.458 e. The molecular formula is C21H23BrN8O2. The highest BCUT2D eigenvalue weighted by atomic mass is 79.9. The van der Waals surface area contributed by atoms with Crippen LogP contribution in [0.4, 0.5) is 5.82 Å². The minimum Gasteiger partial charge on any atom is -0.458 e. The maximum atomic E-state index is 12.2. The molecule has 0 aliphatic heterocycles. The van der Waals surface area contributed by atoms with Gasteiger partial charge in [0.1, 0.15) is 17.9 Å². The van der Waals surface area contributed by atoms with Crippen molar-refractivity contribution in [3.05, 3.63) is 46.6 Å². The van der Waals surface area contributed by atoms with E-state index in [0.717, 1.165) is 15.5 Å². The van der Waals surface area contributed by atoms with Crippen molar-refractivity contribution in [2.24, 2.45) is 12.5 Å². The number of ether oxygens (including phenoxy) is 1. The zero-order valence-corrected chi connectivity index (χ0v) is 19.8. The Bertz CT molecular complexity index is 1270. The van der Waals surface area contributed by atoms with Gasteiger partial charge in [-0.2, -0.15) is 4.98 Å². The number of pyridine rings is 1. The summed E-state index contributed by atoms with van der Waals surface area (Å²) in [5, 5.41) is 14.6. The molecule has 10 nitrogen and oxygen atoms in total. The molecule has 1 N–H and O–H groups in total. The lowest BCUT2D eigenvalue weighted by Gasteiger charge is -2.17. The fourth-order valence-corrected chi connectivity index (χ4v) is 3.63. The number of amides is 1. The lowest BCUT2D eigenvalue weighted by atomic mass is 9.92. The fraction of sp³-hybridized carbons (Fsp3) is 0.333. The van der Waals surface area contributed by atoms with E-state index in [4.69, 9.17) is 4.74 Å². The van der Waals surface area contributed by atoms with E-state index in [1.165, 1.54) is 0 Å². The van der Waals surface area contributed by atoms with Crippen LogP contribution < -0.4 is 10.1 Å². The number of nitrogens with zero attached hydrogens (tertiary/aromatic N) is 7. The van der Waals surface area contributed by atoms with Gasteiger partial charge < -0.3 is 10.1 Å². The SMILES string of the molecule is Cn1nnnc1-n1c(OCc2cccc(NC(=O)CC(C)(C)C)n2)nc2c(Br)cccc21. The highest BCUT2D eigenvalue weighted by Crippen LogP contribution is 2.30. The van der Waals surface area contributed by atoms with Crippen molar-refractivity contribution < 1.29 is 9.53 Å². The van der Waals surface area contributed by atoms with Crippen LogP contribution >= 0.6 is 15.9 Å². The molecule has 0 fully saturated rings. The van der Waals surface area contributed by atoms with Gasteiger partial charge in [-0.3, -0.25) is 4.79 Å². The van der Waals surface area contributed by atoms with Crippen molar-refractivity contribution in [3.63, 3.8) is 0 Å². The summed E-state index contributed by atoms with van der Waals surface area (Å²) < 4.78 is 10.1.